The van der Waals surface area contributed by atoms with E-state index in [4.69, 9.17) is 9.84 Å². The highest BCUT2D eigenvalue weighted by molar-refractivity contribution is 14.1. The largest absolute Gasteiger partial charge is 0.496 e. The Morgan fingerprint density at radius 2 is 2.23 bits per heavy atom. The Bertz CT molecular complexity index is 351. The van der Waals surface area contributed by atoms with Gasteiger partial charge in [0.25, 0.3) is 0 Å². The van der Waals surface area contributed by atoms with Gasteiger partial charge in [0.05, 0.1) is 16.2 Å². The molecule has 0 aromatic heterocycles. The van der Waals surface area contributed by atoms with Gasteiger partial charge in [-0.2, -0.15) is 0 Å². The van der Waals surface area contributed by atoms with E-state index in [0.29, 0.717) is 9.32 Å². The van der Waals surface area contributed by atoms with E-state index in [0.717, 1.165) is 6.07 Å². The van der Waals surface area contributed by atoms with Crippen LogP contribution in [0.5, 0.6) is 5.75 Å². The first kappa shape index (κ1) is 10.2. The smallest absolute Gasteiger partial charge is 0.338 e. The highest BCUT2D eigenvalue weighted by atomic mass is 127. The number of carboxylic acid groups (broad SMARTS) is 1. The Kier molecular flexibility index (Phi) is 3.07. The average molecular weight is 296 g/mol. The van der Waals surface area contributed by atoms with Crippen LogP contribution in [0.25, 0.3) is 0 Å². The normalized spacial score (nSPS) is 9.77. The summed E-state index contributed by atoms with van der Waals surface area (Å²) in [5.74, 6) is -1.73. The predicted molar refractivity (Wildman–Crippen MR) is 52.6 cm³/mol. The fourth-order valence-corrected chi connectivity index (χ4v) is 1.54. The second kappa shape index (κ2) is 3.91. The number of aromatic carboxylic acids is 1. The van der Waals surface area contributed by atoms with Crippen LogP contribution in [0.4, 0.5) is 4.39 Å². The number of carbonyl (C=O) groups is 1. The minimum atomic E-state index is -1.28. The van der Waals surface area contributed by atoms with Crippen molar-refractivity contribution in [3.8, 4) is 5.75 Å². The molecule has 0 bridgehead atoms. The molecule has 13 heavy (non-hydrogen) atoms. The summed E-state index contributed by atoms with van der Waals surface area (Å²) < 4.78 is 18.4. The van der Waals surface area contributed by atoms with Gasteiger partial charge < -0.3 is 9.84 Å². The van der Waals surface area contributed by atoms with Gasteiger partial charge >= 0.3 is 5.97 Å². The molecule has 1 aromatic carbocycles. The maximum atomic E-state index is 13.0. The maximum absolute atomic E-state index is 13.0. The van der Waals surface area contributed by atoms with E-state index < -0.39 is 11.8 Å². The van der Waals surface area contributed by atoms with Gasteiger partial charge in [0.15, 0.2) is 0 Å². The Morgan fingerprint density at radius 1 is 1.62 bits per heavy atom. The lowest BCUT2D eigenvalue weighted by Gasteiger charge is -2.04. The number of carboxylic acids is 1. The van der Waals surface area contributed by atoms with Gasteiger partial charge in [0.2, 0.25) is 0 Å². The highest BCUT2D eigenvalue weighted by Crippen LogP contribution is 2.24. The number of hydrogen-bond donors (Lipinski definition) is 1. The quantitative estimate of drug-likeness (QED) is 0.851. The van der Waals surface area contributed by atoms with Crippen molar-refractivity contribution in [3.63, 3.8) is 0 Å². The van der Waals surface area contributed by atoms with E-state index in [1.165, 1.54) is 13.2 Å². The first-order valence-electron chi connectivity index (χ1n) is 3.32. The molecule has 1 aromatic rings. The van der Waals surface area contributed by atoms with E-state index in [1.807, 2.05) is 22.6 Å². The lowest BCUT2D eigenvalue weighted by molar-refractivity contribution is 0.0691. The Balaban J connectivity index is 3.28. The Labute approximate surface area is 87.7 Å². The number of rotatable bonds is 2. The second-order valence-electron chi connectivity index (χ2n) is 2.27. The molecule has 0 fully saturated rings. The molecular weight excluding hydrogens is 290 g/mol. The number of halogens is 2. The number of hydrogen-bond acceptors (Lipinski definition) is 2. The summed E-state index contributed by atoms with van der Waals surface area (Å²) in [6.07, 6.45) is 0. The van der Waals surface area contributed by atoms with Crippen LogP contribution >= 0.6 is 22.6 Å². The fourth-order valence-electron chi connectivity index (χ4n) is 0.849. The fraction of sp³-hybridized carbons (Fsp3) is 0.125. The van der Waals surface area contributed by atoms with Gasteiger partial charge in [-0.1, -0.05) is 0 Å². The molecule has 3 nitrogen and oxygen atoms in total. The monoisotopic (exact) mass is 296 g/mol. The minimum absolute atomic E-state index is 0.336. The minimum Gasteiger partial charge on any atom is -0.496 e. The molecule has 0 aliphatic rings. The van der Waals surface area contributed by atoms with Crippen LogP contribution in [0.15, 0.2) is 12.1 Å². The molecule has 0 aliphatic heterocycles. The average Bonchev–Trinajstić information content (AvgIpc) is 2.07. The summed E-state index contributed by atoms with van der Waals surface area (Å²) >= 11 is 1.88. The number of methoxy groups -OCH3 is 1. The van der Waals surface area contributed by atoms with Crippen molar-refractivity contribution in [1.29, 1.82) is 0 Å². The van der Waals surface area contributed by atoms with Crippen molar-refractivity contribution in [3.05, 3.63) is 27.1 Å². The molecule has 70 valence electrons. The molecule has 0 heterocycles. The molecule has 0 spiro atoms. The van der Waals surface area contributed by atoms with E-state index in [1.54, 1.807) is 0 Å². The molecule has 0 saturated heterocycles. The van der Waals surface area contributed by atoms with E-state index in [2.05, 4.69) is 0 Å². The summed E-state index contributed by atoms with van der Waals surface area (Å²) in [5.41, 5.74) is -0.342. The van der Waals surface area contributed by atoms with Gasteiger partial charge in [0, 0.05) is 6.07 Å². The molecule has 0 radical (unpaired) electrons. The van der Waals surface area contributed by atoms with Crippen molar-refractivity contribution in [2.75, 3.05) is 7.11 Å². The Morgan fingerprint density at radius 3 is 2.69 bits per heavy atom. The predicted octanol–water partition coefficient (Wildman–Crippen LogP) is 2.14. The molecule has 5 heteroatoms. The standard InChI is InChI=1S/C8H6FIO3/c1-13-7-3-5(9)4(8(11)12)2-6(7)10/h2-3H,1H3,(H,11,12). The first-order valence-corrected chi connectivity index (χ1v) is 4.40. The summed E-state index contributed by atoms with van der Waals surface area (Å²) in [7, 11) is 1.40. The summed E-state index contributed by atoms with van der Waals surface area (Å²) in [6.45, 7) is 0. The molecule has 0 unspecified atom stereocenters. The zero-order valence-electron chi connectivity index (χ0n) is 6.67. The topological polar surface area (TPSA) is 46.5 Å². The molecule has 1 N–H and O–H groups in total. The van der Waals surface area contributed by atoms with Crippen LogP contribution in [-0.4, -0.2) is 18.2 Å². The summed E-state index contributed by atoms with van der Waals surface area (Å²) in [5, 5.41) is 8.57. The van der Waals surface area contributed by atoms with Crippen molar-refractivity contribution in [2.45, 2.75) is 0 Å². The zero-order chi connectivity index (χ0) is 10.0. The lowest BCUT2D eigenvalue weighted by Crippen LogP contribution is -2.02. The summed E-state index contributed by atoms with van der Waals surface area (Å²) in [4.78, 5) is 10.5. The maximum Gasteiger partial charge on any atom is 0.338 e. The van der Waals surface area contributed by atoms with Crippen LogP contribution in [-0.2, 0) is 0 Å². The van der Waals surface area contributed by atoms with Gasteiger partial charge in [-0.15, -0.1) is 0 Å². The van der Waals surface area contributed by atoms with E-state index >= 15 is 0 Å². The summed E-state index contributed by atoms with van der Waals surface area (Å²) in [6, 6.07) is 2.29. The number of benzene rings is 1. The number of ether oxygens (including phenoxy) is 1. The lowest BCUT2D eigenvalue weighted by atomic mass is 10.2. The molecule has 0 saturated carbocycles. The van der Waals surface area contributed by atoms with Crippen LogP contribution < -0.4 is 4.74 Å². The highest BCUT2D eigenvalue weighted by Gasteiger charge is 2.13. The molecule has 0 amide bonds. The van der Waals surface area contributed by atoms with Crippen molar-refractivity contribution < 1.29 is 19.0 Å². The van der Waals surface area contributed by atoms with Crippen molar-refractivity contribution in [2.24, 2.45) is 0 Å². The molecule has 0 atom stereocenters. The van der Waals surface area contributed by atoms with Crippen molar-refractivity contribution in [1.82, 2.24) is 0 Å². The SMILES string of the molecule is COc1cc(F)c(C(=O)O)cc1I. The van der Waals surface area contributed by atoms with Crippen molar-refractivity contribution >= 4 is 28.6 Å². The third-order valence-corrected chi connectivity index (χ3v) is 2.31. The van der Waals surface area contributed by atoms with E-state index in [9.17, 15) is 9.18 Å². The second-order valence-corrected chi connectivity index (χ2v) is 3.43. The molecule has 1 rings (SSSR count). The van der Waals surface area contributed by atoms with Gasteiger partial charge in [0.1, 0.15) is 11.6 Å². The van der Waals surface area contributed by atoms with Crippen LogP contribution in [0.1, 0.15) is 10.4 Å². The van der Waals surface area contributed by atoms with Crippen LogP contribution in [0.2, 0.25) is 0 Å². The molecular formula is C8H6FIO3. The third-order valence-electron chi connectivity index (χ3n) is 1.47. The zero-order valence-corrected chi connectivity index (χ0v) is 8.83. The first-order chi connectivity index (χ1) is 6.06. The van der Waals surface area contributed by atoms with Gasteiger partial charge in [-0.25, -0.2) is 9.18 Å². The third kappa shape index (κ3) is 2.09. The van der Waals surface area contributed by atoms with Gasteiger partial charge in [-0.05, 0) is 28.7 Å². The van der Waals surface area contributed by atoms with Crippen LogP contribution in [0.3, 0.4) is 0 Å². The molecule has 0 aliphatic carbocycles. The Hall–Kier alpha value is -0.850. The van der Waals surface area contributed by atoms with Crippen LogP contribution in [0, 0.1) is 9.39 Å². The van der Waals surface area contributed by atoms with E-state index in [-0.39, 0.29) is 5.56 Å². The van der Waals surface area contributed by atoms with Gasteiger partial charge in [-0.3, -0.25) is 0 Å².